The Bertz CT molecular complexity index is 879. The maximum Gasteiger partial charge on any atom is 0.346 e. The van der Waals surface area contributed by atoms with Crippen molar-refractivity contribution in [1.82, 2.24) is 9.97 Å². The summed E-state index contributed by atoms with van der Waals surface area (Å²) in [5.74, 6) is -0.627. The average Bonchev–Trinajstić information content (AvgIpc) is 2.87. The fourth-order valence-electron chi connectivity index (χ4n) is 2.43. The van der Waals surface area contributed by atoms with E-state index in [0.29, 0.717) is 40.1 Å². The van der Waals surface area contributed by atoms with Gasteiger partial charge in [-0.1, -0.05) is 18.2 Å². The molecule has 2 N–H and O–H groups in total. The van der Waals surface area contributed by atoms with E-state index in [4.69, 9.17) is 0 Å². The molecular weight excluding hydrogens is 317 g/mol. The molecule has 5 nitrogen and oxygen atoms in total. The van der Waals surface area contributed by atoms with Crippen molar-refractivity contribution in [3.05, 3.63) is 52.4 Å². The normalized spacial score (nSPS) is 10.9. The number of rotatable bonds is 5. The summed E-state index contributed by atoms with van der Waals surface area (Å²) in [6.07, 6.45) is 1.91. The Morgan fingerprint density at radius 2 is 2.13 bits per heavy atom. The number of aryl methyl sites for hydroxylation is 1. The fourth-order valence-corrected chi connectivity index (χ4v) is 3.41. The predicted molar refractivity (Wildman–Crippen MR) is 87.7 cm³/mol. The van der Waals surface area contributed by atoms with Gasteiger partial charge in [-0.25, -0.2) is 19.2 Å². The molecule has 23 heavy (non-hydrogen) atoms. The van der Waals surface area contributed by atoms with Gasteiger partial charge in [0.1, 0.15) is 27.7 Å². The fraction of sp³-hybridized carbons (Fsp3) is 0.188. The molecule has 0 aliphatic heterocycles. The lowest BCUT2D eigenvalue weighted by Gasteiger charge is -2.08. The molecule has 0 atom stereocenters. The molecule has 0 radical (unpaired) electrons. The average molecular weight is 331 g/mol. The monoisotopic (exact) mass is 331 g/mol. The van der Waals surface area contributed by atoms with Gasteiger partial charge in [0.15, 0.2) is 0 Å². The van der Waals surface area contributed by atoms with Crippen LogP contribution in [0.1, 0.15) is 20.8 Å². The van der Waals surface area contributed by atoms with Crippen LogP contribution < -0.4 is 5.32 Å². The second-order valence-corrected chi connectivity index (χ2v) is 6.03. The number of benzene rings is 1. The lowest BCUT2D eigenvalue weighted by Crippen LogP contribution is -2.08. The molecule has 3 aromatic rings. The van der Waals surface area contributed by atoms with Gasteiger partial charge in [-0.3, -0.25) is 0 Å². The first-order valence-corrected chi connectivity index (χ1v) is 7.84. The Morgan fingerprint density at radius 1 is 1.35 bits per heavy atom. The molecule has 0 aliphatic carbocycles. The second-order valence-electron chi connectivity index (χ2n) is 5.03. The second kappa shape index (κ2) is 6.29. The summed E-state index contributed by atoms with van der Waals surface area (Å²) in [5, 5.41) is 13.1. The Hall–Kier alpha value is -2.54. The van der Waals surface area contributed by atoms with Crippen LogP contribution in [-0.4, -0.2) is 27.6 Å². The summed E-state index contributed by atoms with van der Waals surface area (Å²) in [6.45, 7) is 2.23. The van der Waals surface area contributed by atoms with E-state index in [-0.39, 0.29) is 10.7 Å². The molecule has 2 heterocycles. The first-order chi connectivity index (χ1) is 11.1. The minimum absolute atomic E-state index is 0.234. The largest absolute Gasteiger partial charge is 0.477 e. The van der Waals surface area contributed by atoms with Crippen molar-refractivity contribution in [2.24, 2.45) is 0 Å². The van der Waals surface area contributed by atoms with Crippen molar-refractivity contribution in [2.45, 2.75) is 13.3 Å². The summed E-state index contributed by atoms with van der Waals surface area (Å²) in [7, 11) is 0. The van der Waals surface area contributed by atoms with Crippen LogP contribution in [0, 0.1) is 12.7 Å². The molecule has 3 rings (SSSR count). The Morgan fingerprint density at radius 3 is 2.87 bits per heavy atom. The van der Waals surface area contributed by atoms with Crippen molar-refractivity contribution < 1.29 is 14.3 Å². The first-order valence-electron chi connectivity index (χ1n) is 7.02. The van der Waals surface area contributed by atoms with E-state index < -0.39 is 5.97 Å². The molecule has 0 saturated heterocycles. The molecular formula is C16H14FN3O2S. The molecule has 118 valence electrons. The van der Waals surface area contributed by atoms with E-state index in [0.717, 1.165) is 11.3 Å². The first kappa shape index (κ1) is 15.4. The van der Waals surface area contributed by atoms with Crippen LogP contribution in [0.3, 0.4) is 0 Å². The van der Waals surface area contributed by atoms with Crippen molar-refractivity contribution in [3.8, 4) is 0 Å². The lowest BCUT2D eigenvalue weighted by atomic mass is 10.1. The summed E-state index contributed by atoms with van der Waals surface area (Å²) in [6, 6.07) is 6.62. The number of nitrogens with one attached hydrogen (secondary N) is 1. The number of carboxylic acids is 1. The smallest absolute Gasteiger partial charge is 0.346 e. The predicted octanol–water partition coefficient (Wildman–Crippen LogP) is 3.49. The van der Waals surface area contributed by atoms with Crippen LogP contribution in [0.4, 0.5) is 10.2 Å². The van der Waals surface area contributed by atoms with E-state index in [9.17, 15) is 14.3 Å². The van der Waals surface area contributed by atoms with Crippen molar-refractivity contribution in [1.29, 1.82) is 0 Å². The van der Waals surface area contributed by atoms with Crippen molar-refractivity contribution in [2.75, 3.05) is 11.9 Å². The van der Waals surface area contributed by atoms with Gasteiger partial charge >= 0.3 is 5.97 Å². The van der Waals surface area contributed by atoms with Crippen molar-refractivity contribution >= 4 is 33.3 Å². The summed E-state index contributed by atoms with van der Waals surface area (Å²) in [5.41, 5.74) is 1.27. The van der Waals surface area contributed by atoms with Gasteiger partial charge in [-0.05, 0) is 30.5 Å². The zero-order valence-electron chi connectivity index (χ0n) is 12.3. The molecule has 0 aliphatic rings. The minimum Gasteiger partial charge on any atom is -0.477 e. The Labute approximate surface area is 135 Å². The number of thiophene rings is 1. The molecule has 0 fully saturated rings. The number of carboxylic acid groups (broad SMARTS) is 1. The number of aromatic carboxylic acids is 1. The zero-order valence-corrected chi connectivity index (χ0v) is 13.2. The van der Waals surface area contributed by atoms with Crippen LogP contribution >= 0.6 is 11.3 Å². The molecule has 7 heteroatoms. The third kappa shape index (κ3) is 3.00. The minimum atomic E-state index is -0.970. The van der Waals surface area contributed by atoms with Gasteiger partial charge in [-0.2, -0.15) is 0 Å². The van der Waals surface area contributed by atoms with Gasteiger partial charge in [0.05, 0.1) is 5.39 Å². The SMILES string of the molecule is Cc1c(C(=O)O)sc2ncnc(NCCc3ccccc3F)c12. The van der Waals surface area contributed by atoms with E-state index >= 15 is 0 Å². The maximum absolute atomic E-state index is 13.6. The van der Waals surface area contributed by atoms with Gasteiger partial charge in [0.2, 0.25) is 0 Å². The van der Waals surface area contributed by atoms with Crippen LogP contribution in [0.25, 0.3) is 10.2 Å². The number of anilines is 1. The molecule has 2 aromatic heterocycles. The highest BCUT2D eigenvalue weighted by atomic mass is 32.1. The number of fused-ring (bicyclic) bond motifs is 1. The third-order valence-electron chi connectivity index (χ3n) is 3.57. The van der Waals surface area contributed by atoms with E-state index in [1.165, 1.54) is 12.4 Å². The van der Waals surface area contributed by atoms with Gasteiger partial charge in [0.25, 0.3) is 0 Å². The highest BCUT2D eigenvalue weighted by molar-refractivity contribution is 7.20. The molecule has 0 unspecified atom stereocenters. The van der Waals surface area contributed by atoms with Crippen LogP contribution in [-0.2, 0) is 6.42 Å². The topological polar surface area (TPSA) is 75.1 Å². The van der Waals surface area contributed by atoms with Crippen LogP contribution in [0.5, 0.6) is 0 Å². The molecule has 0 saturated carbocycles. The van der Waals surface area contributed by atoms with E-state index in [1.807, 2.05) is 0 Å². The summed E-state index contributed by atoms with van der Waals surface area (Å²) in [4.78, 5) is 20.5. The molecule has 0 bridgehead atoms. The number of nitrogens with zero attached hydrogens (tertiary/aromatic N) is 2. The number of carbonyl (C=O) groups is 1. The molecule has 0 amide bonds. The third-order valence-corrected chi connectivity index (χ3v) is 4.75. The number of hydrogen-bond acceptors (Lipinski definition) is 5. The highest BCUT2D eigenvalue weighted by Gasteiger charge is 2.18. The Kier molecular flexibility index (Phi) is 4.20. The van der Waals surface area contributed by atoms with Gasteiger partial charge < -0.3 is 10.4 Å². The Balaban J connectivity index is 1.83. The highest BCUT2D eigenvalue weighted by Crippen LogP contribution is 2.33. The lowest BCUT2D eigenvalue weighted by molar-refractivity contribution is 0.0701. The summed E-state index contributed by atoms with van der Waals surface area (Å²) < 4.78 is 13.6. The number of halogens is 1. The van der Waals surface area contributed by atoms with E-state index in [2.05, 4.69) is 15.3 Å². The van der Waals surface area contributed by atoms with Crippen molar-refractivity contribution in [3.63, 3.8) is 0 Å². The maximum atomic E-state index is 13.6. The quantitative estimate of drug-likeness (QED) is 0.748. The van der Waals surface area contributed by atoms with Crippen LogP contribution in [0.2, 0.25) is 0 Å². The van der Waals surface area contributed by atoms with E-state index in [1.54, 1.807) is 25.1 Å². The molecule has 1 aromatic carbocycles. The number of aromatic nitrogens is 2. The summed E-state index contributed by atoms with van der Waals surface area (Å²) >= 11 is 1.13. The zero-order chi connectivity index (χ0) is 16.4. The van der Waals surface area contributed by atoms with Gasteiger partial charge in [0, 0.05) is 6.54 Å². The molecule has 0 spiro atoms. The van der Waals surface area contributed by atoms with Gasteiger partial charge in [-0.15, -0.1) is 11.3 Å². The number of hydrogen-bond donors (Lipinski definition) is 2. The standard InChI is InChI=1S/C16H14FN3O2S/c1-9-12-14(18-7-6-10-4-2-3-5-11(10)17)19-8-20-15(12)23-13(9)16(21)22/h2-5,8H,6-7H2,1H3,(H,21,22)(H,18,19,20). The van der Waals surface area contributed by atoms with Crippen LogP contribution in [0.15, 0.2) is 30.6 Å².